The van der Waals surface area contributed by atoms with Crippen LogP contribution in [0.25, 0.3) is 0 Å². The quantitative estimate of drug-likeness (QED) is 0.523. The van der Waals surface area contributed by atoms with Crippen molar-refractivity contribution in [1.82, 2.24) is 9.58 Å². The van der Waals surface area contributed by atoms with Gasteiger partial charge in [-0.05, 0) is 11.6 Å². The van der Waals surface area contributed by atoms with Gasteiger partial charge in [-0.1, -0.05) is 36.4 Å². The molecule has 4 rings (SSSR count). The molecule has 2 aliphatic heterocycles. The molecule has 1 aromatic carbocycles. The number of hydrogen-bond acceptors (Lipinski definition) is 7. The first-order chi connectivity index (χ1) is 14.2. The molecule has 2 aliphatic rings. The zero-order chi connectivity index (χ0) is 21.6. The van der Waals surface area contributed by atoms with Gasteiger partial charge < -0.3 is 9.64 Å². The van der Waals surface area contributed by atoms with Crippen LogP contribution in [-0.4, -0.2) is 56.6 Å². The fraction of sp³-hybridized carbons (Fsp3) is 0.300. The summed E-state index contributed by atoms with van der Waals surface area (Å²) < 4.78 is 36.0. The molecule has 9 nitrogen and oxygen atoms in total. The Labute approximate surface area is 173 Å². The van der Waals surface area contributed by atoms with Gasteiger partial charge in [0.2, 0.25) is 5.43 Å². The first kappa shape index (κ1) is 20.2. The third-order valence-corrected chi connectivity index (χ3v) is 5.75. The zero-order valence-electron chi connectivity index (χ0n) is 16.6. The number of methoxy groups -OCH3 is 1. The lowest BCUT2D eigenvalue weighted by Crippen LogP contribution is -2.63. The maximum absolute atomic E-state index is 13.1. The maximum Gasteiger partial charge on any atom is 0.278 e. The monoisotopic (exact) mass is 431 g/mol. The Morgan fingerprint density at radius 2 is 1.73 bits per heavy atom. The Morgan fingerprint density at radius 1 is 1.03 bits per heavy atom. The van der Waals surface area contributed by atoms with E-state index in [-0.39, 0.29) is 17.4 Å². The number of ether oxygens (including phenoxy) is 1. The van der Waals surface area contributed by atoms with E-state index in [4.69, 9.17) is 8.92 Å². The van der Waals surface area contributed by atoms with Crippen LogP contribution in [0.5, 0.6) is 5.75 Å². The first-order valence-electron chi connectivity index (χ1n) is 9.20. The number of pyridine rings is 1. The molecule has 0 bridgehead atoms. The molecule has 3 heterocycles. The van der Waals surface area contributed by atoms with Gasteiger partial charge in [0.15, 0.2) is 11.4 Å². The van der Waals surface area contributed by atoms with Crippen LogP contribution in [0.2, 0.25) is 0 Å². The number of amides is 1. The van der Waals surface area contributed by atoms with Gasteiger partial charge in [-0.15, -0.1) is 0 Å². The molecule has 0 saturated heterocycles. The zero-order valence-corrected chi connectivity index (χ0v) is 17.4. The highest BCUT2D eigenvalue weighted by molar-refractivity contribution is 7.86. The second-order valence-electron chi connectivity index (χ2n) is 7.12. The number of carbonyl (C=O) groups excluding carboxylic acids is 1. The number of likely N-dealkylation sites (N-methyl/N-ethyl adjacent to an activating group) is 1. The van der Waals surface area contributed by atoms with Gasteiger partial charge >= 0.3 is 0 Å². The molecule has 0 radical (unpaired) electrons. The number of rotatable bonds is 4. The van der Waals surface area contributed by atoms with E-state index < -0.39 is 33.9 Å². The Morgan fingerprint density at radius 3 is 2.37 bits per heavy atom. The van der Waals surface area contributed by atoms with Crippen molar-refractivity contribution in [3.8, 4) is 5.75 Å². The molecule has 30 heavy (non-hydrogen) atoms. The summed E-state index contributed by atoms with van der Waals surface area (Å²) in [6, 6.07) is 9.96. The van der Waals surface area contributed by atoms with Crippen LogP contribution in [0.1, 0.15) is 22.1 Å². The maximum atomic E-state index is 13.1. The molecule has 0 N–H and O–H groups in total. The third-order valence-electron chi connectivity index (χ3n) is 5.17. The van der Waals surface area contributed by atoms with E-state index in [1.807, 2.05) is 35.3 Å². The highest BCUT2D eigenvalue weighted by Crippen LogP contribution is 2.37. The first-order valence-corrected chi connectivity index (χ1v) is 11.0. The molecule has 0 spiro atoms. The molecule has 2 aromatic rings. The number of fused-ring (bicyclic) bond motifs is 3. The van der Waals surface area contributed by atoms with Crippen LogP contribution >= 0.6 is 0 Å². The second-order valence-corrected chi connectivity index (χ2v) is 8.72. The van der Waals surface area contributed by atoms with Crippen molar-refractivity contribution in [1.29, 1.82) is 0 Å². The summed E-state index contributed by atoms with van der Waals surface area (Å²) in [4.78, 5) is 26.8. The predicted molar refractivity (Wildman–Crippen MR) is 109 cm³/mol. The molecule has 0 saturated carbocycles. The predicted octanol–water partition coefficient (Wildman–Crippen LogP) is 0.863. The Hall–Kier alpha value is -3.11. The average Bonchev–Trinajstić information content (AvgIpc) is 2.71. The number of aromatic nitrogens is 1. The fourth-order valence-electron chi connectivity index (χ4n) is 3.95. The van der Waals surface area contributed by atoms with Crippen molar-refractivity contribution in [2.45, 2.75) is 18.3 Å². The van der Waals surface area contributed by atoms with Crippen molar-refractivity contribution < 1.29 is 22.1 Å². The highest BCUT2D eigenvalue weighted by Gasteiger charge is 2.45. The Bertz CT molecular complexity index is 1170. The molecular weight excluding hydrogens is 410 g/mol. The third kappa shape index (κ3) is 3.27. The van der Waals surface area contributed by atoms with Gasteiger partial charge in [0.1, 0.15) is 18.3 Å². The number of benzene rings is 1. The number of hydrogen-bond donors (Lipinski definition) is 0. The van der Waals surface area contributed by atoms with Crippen LogP contribution in [0.15, 0.2) is 59.5 Å². The average molecular weight is 431 g/mol. The molecule has 10 heteroatoms. The van der Waals surface area contributed by atoms with Crippen LogP contribution in [0, 0.1) is 0 Å². The molecule has 1 amide bonds. The number of carbonyl (C=O) groups is 1. The summed E-state index contributed by atoms with van der Waals surface area (Å²) >= 11 is 0. The molecule has 1 aromatic heterocycles. The van der Waals surface area contributed by atoms with Crippen molar-refractivity contribution in [3.63, 3.8) is 0 Å². The van der Waals surface area contributed by atoms with Gasteiger partial charge in [-0.2, -0.15) is 8.42 Å². The standard InChI is InChI=1S/C20H21N3O6S/c1-21-16-10-9-15(29-30(3,26)27)17(13-7-5-4-6-8-13)23(16)22-12-11-14(24)19(28-2)18(22)20(21)25/h4-12,15-17H,1-3H3/t15-,16-,17+/m0/s1. The van der Waals surface area contributed by atoms with Crippen molar-refractivity contribution >= 4 is 16.0 Å². The van der Waals surface area contributed by atoms with E-state index in [1.165, 1.54) is 24.3 Å². The van der Waals surface area contributed by atoms with E-state index in [0.29, 0.717) is 0 Å². The summed E-state index contributed by atoms with van der Waals surface area (Å²) in [5, 5.41) is 1.81. The minimum absolute atomic E-state index is 0.0677. The van der Waals surface area contributed by atoms with Gasteiger partial charge in [0.25, 0.3) is 16.0 Å². The highest BCUT2D eigenvalue weighted by atomic mass is 32.2. The minimum atomic E-state index is -3.77. The van der Waals surface area contributed by atoms with Crippen LogP contribution in [0.4, 0.5) is 0 Å². The molecule has 0 fully saturated rings. The number of nitrogens with zero attached hydrogens (tertiary/aromatic N) is 3. The summed E-state index contributed by atoms with van der Waals surface area (Å²) in [6.07, 6.45) is 4.47. The normalized spacial score (nSPS) is 23.2. The van der Waals surface area contributed by atoms with E-state index in [0.717, 1.165) is 11.8 Å². The van der Waals surface area contributed by atoms with E-state index in [9.17, 15) is 18.0 Å². The van der Waals surface area contributed by atoms with Crippen molar-refractivity contribution in [2.24, 2.45) is 0 Å². The summed E-state index contributed by atoms with van der Waals surface area (Å²) in [5.41, 5.74) is 0.432. The SMILES string of the molecule is COc1c2n(ccc1=O)N1[C@H](c3ccccc3)[C@@H](OS(C)(=O)=O)C=C[C@H]1N(C)C2=O. The van der Waals surface area contributed by atoms with E-state index in [1.54, 1.807) is 23.9 Å². The fourth-order valence-corrected chi connectivity index (χ4v) is 4.52. The molecular formula is C20H21N3O6S. The van der Waals surface area contributed by atoms with E-state index in [2.05, 4.69) is 0 Å². The lowest BCUT2D eigenvalue weighted by atomic mass is 9.96. The van der Waals surface area contributed by atoms with Crippen LogP contribution < -0.4 is 15.2 Å². The van der Waals surface area contributed by atoms with Crippen molar-refractivity contribution in [3.05, 3.63) is 76.2 Å². The molecule has 0 unspecified atom stereocenters. The van der Waals surface area contributed by atoms with Crippen LogP contribution in [0.3, 0.4) is 0 Å². The van der Waals surface area contributed by atoms with Gasteiger partial charge in [0.05, 0.1) is 13.4 Å². The summed E-state index contributed by atoms with van der Waals surface area (Å²) in [5.74, 6) is -0.459. The van der Waals surface area contributed by atoms with Crippen molar-refractivity contribution in [2.75, 3.05) is 25.4 Å². The van der Waals surface area contributed by atoms with E-state index >= 15 is 0 Å². The Balaban J connectivity index is 1.97. The smallest absolute Gasteiger partial charge is 0.278 e. The summed E-state index contributed by atoms with van der Waals surface area (Å²) in [6.45, 7) is 0. The summed E-state index contributed by atoms with van der Waals surface area (Å²) in [7, 11) is -0.820. The van der Waals surface area contributed by atoms with Gasteiger partial charge in [0, 0.05) is 19.3 Å². The lowest BCUT2D eigenvalue weighted by Gasteiger charge is -2.51. The molecule has 0 aliphatic carbocycles. The molecule has 158 valence electrons. The topological polar surface area (TPSA) is 98.2 Å². The van der Waals surface area contributed by atoms with Gasteiger partial charge in [-0.3, -0.25) is 23.5 Å². The Kier molecular flexibility index (Phi) is 4.91. The largest absolute Gasteiger partial charge is 0.491 e. The van der Waals surface area contributed by atoms with Gasteiger partial charge in [-0.25, -0.2) is 0 Å². The lowest BCUT2D eigenvalue weighted by molar-refractivity contribution is 0.0610. The van der Waals surface area contributed by atoms with Crippen LogP contribution in [-0.2, 0) is 14.3 Å². The molecule has 3 atom stereocenters. The minimum Gasteiger partial charge on any atom is -0.491 e. The second kappa shape index (κ2) is 7.29.